The van der Waals surface area contributed by atoms with E-state index in [1.165, 1.54) is 34.9 Å². The molecule has 0 radical (unpaired) electrons. The van der Waals surface area contributed by atoms with E-state index in [1.807, 2.05) is 18.4 Å². The maximum absolute atomic E-state index is 10.6. The van der Waals surface area contributed by atoms with Gasteiger partial charge in [-0.3, -0.25) is 0 Å². The van der Waals surface area contributed by atoms with Gasteiger partial charge in [0.25, 0.3) is 0 Å². The van der Waals surface area contributed by atoms with Crippen LogP contribution in [0.25, 0.3) is 0 Å². The van der Waals surface area contributed by atoms with E-state index in [9.17, 15) is 15.3 Å². The second kappa shape index (κ2) is 9.38. The van der Waals surface area contributed by atoms with Gasteiger partial charge in [-0.1, -0.05) is 42.5 Å². The van der Waals surface area contributed by atoms with E-state index in [1.54, 1.807) is 0 Å². The molecule has 7 atom stereocenters. The smallest absolute Gasteiger partial charge is 0.168 e. The molecule has 3 N–H and O–H groups in total. The molecule has 4 fully saturated rings. The summed E-state index contributed by atoms with van der Waals surface area (Å²) in [6, 6.07) is 15.1. The van der Waals surface area contributed by atoms with Crippen LogP contribution in [-0.4, -0.2) is 64.3 Å². The van der Waals surface area contributed by atoms with Gasteiger partial charge in [-0.05, 0) is 71.6 Å². The summed E-state index contributed by atoms with van der Waals surface area (Å²) < 4.78 is 17.9. The number of aryl methyl sites for hydroxylation is 1. The first-order chi connectivity index (χ1) is 17.3. The molecule has 2 aromatic carbocycles. The van der Waals surface area contributed by atoms with Crippen molar-refractivity contribution in [3.05, 3.63) is 70.3 Å². The Morgan fingerprint density at radius 3 is 2.36 bits per heavy atom. The van der Waals surface area contributed by atoms with Gasteiger partial charge in [0.15, 0.2) is 5.79 Å². The molecule has 194 valence electrons. The fourth-order valence-electron chi connectivity index (χ4n) is 6.65. The number of benzene rings is 2. The number of thioether (sulfide) groups is 1. The van der Waals surface area contributed by atoms with Gasteiger partial charge in [0.2, 0.25) is 0 Å². The Morgan fingerprint density at radius 2 is 1.67 bits per heavy atom. The van der Waals surface area contributed by atoms with E-state index >= 15 is 0 Å². The van der Waals surface area contributed by atoms with Gasteiger partial charge >= 0.3 is 0 Å². The fourth-order valence-corrected chi connectivity index (χ4v) is 7.32. The van der Waals surface area contributed by atoms with E-state index < -0.39 is 29.9 Å². The Hall–Kier alpha value is -1.45. The standard InChI is InChI=1S/C29H36O6S/c1-17-3-6-19(26-24(31)23(30)25(32)27(35-26)36-2)14-20(17)13-18-4-7-21(8-5-18)28-9-10-29(16-22(28)15-28)33-11-12-34-29/h3-8,14,22-27,30-32H,9-13,15-16H2,1-2H3/t22?,23-,24-,25+,26+,27-,28?/m1/s1. The second-order valence-electron chi connectivity index (χ2n) is 11.1. The first-order valence-electron chi connectivity index (χ1n) is 13.0. The second-order valence-corrected chi connectivity index (χ2v) is 12.0. The first kappa shape index (κ1) is 24.9. The average Bonchev–Trinajstić information content (AvgIpc) is 3.44. The molecule has 6 rings (SSSR count). The molecule has 7 heteroatoms. The Morgan fingerprint density at radius 1 is 0.917 bits per heavy atom. The van der Waals surface area contributed by atoms with Crippen molar-refractivity contribution in [3.8, 4) is 0 Å². The van der Waals surface area contributed by atoms with Gasteiger partial charge < -0.3 is 29.5 Å². The quantitative estimate of drug-likeness (QED) is 0.564. The predicted octanol–water partition coefficient (Wildman–Crippen LogP) is 3.61. The number of aliphatic hydroxyl groups excluding tert-OH is 3. The zero-order chi connectivity index (χ0) is 25.1. The van der Waals surface area contributed by atoms with Gasteiger partial charge in [-0.15, -0.1) is 11.8 Å². The number of ether oxygens (including phenoxy) is 3. The molecule has 2 aliphatic carbocycles. The molecule has 6 nitrogen and oxygen atoms in total. The summed E-state index contributed by atoms with van der Waals surface area (Å²) in [4.78, 5) is 0. The highest BCUT2D eigenvalue weighted by Gasteiger charge is 2.62. The van der Waals surface area contributed by atoms with Crippen molar-refractivity contribution >= 4 is 11.8 Å². The van der Waals surface area contributed by atoms with Gasteiger partial charge in [0.1, 0.15) is 29.9 Å². The largest absolute Gasteiger partial charge is 0.387 e. The van der Waals surface area contributed by atoms with Gasteiger partial charge in [0.05, 0.1) is 13.2 Å². The molecule has 2 unspecified atom stereocenters. The van der Waals surface area contributed by atoms with Crippen LogP contribution in [0, 0.1) is 12.8 Å². The Kier molecular flexibility index (Phi) is 6.48. The SMILES string of the molecule is CS[C@H]1O[C@@H](c2ccc(C)c(Cc3ccc(C45CCC6(CC4C5)OCCO6)cc3)c2)[C@H](O)[C@@H](O)[C@@H]1O. The third kappa shape index (κ3) is 4.23. The molecule has 2 saturated carbocycles. The highest BCUT2D eigenvalue weighted by Crippen LogP contribution is 2.65. The van der Waals surface area contributed by atoms with Crippen LogP contribution in [-0.2, 0) is 26.0 Å². The Balaban J connectivity index is 1.17. The fraction of sp³-hybridized carbons (Fsp3) is 0.586. The van der Waals surface area contributed by atoms with Crippen molar-refractivity contribution in [2.75, 3.05) is 19.5 Å². The van der Waals surface area contributed by atoms with Crippen molar-refractivity contribution in [2.24, 2.45) is 5.92 Å². The molecule has 4 aliphatic rings. The number of aliphatic hydroxyl groups is 3. The van der Waals surface area contributed by atoms with E-state index in [4.69, 9.17) is 14.2 Å². The minimum atomic E-state index is -1.24. The van der Waals surface area contributed by atoms with Gasteiger partial charge in [-0.25, -0.2) is 0 Å². The molecule has 2 saturated heterocycles. The lowest BCUT2D eigenvalue weighted by molar-refractivity contribution is -0.200. The van der Waals surface area contributed by atoms with Crippen LogP contribution in [0.5, 0.6) is 0 Å². The number of fused-ring (bicyclic) bond motifs is 1. The topological polar surface area (TPSA) is 88.4 Å². The third-order valence-electron chi connectivity index (χ3n) is 8.98. The summed E-state index contributed by atoms with van der Waals surface area (Å²) in [5.74, 6) is 0.335. The van der Waals surface area contributed by atoms with E-state index in [-0.39, 0.29) is 5.79 Å². The van der Waals surface area contributed by atoms with Crippen molar-refractivity contribution < 1.29 is 29.5 Å². The van der Waals surface area contributed by atoms with Crippen molar-refractivity contribution in [3.63, 3.8) is 0 Å². The van der Waals surface area contributed by atoms with Crippen LogP contribution in [0.1, 0.15) is 59.6 Å². The molecule has 0 bridgehead atoms. The lowest BCUT2D eigenvalue weighted by Gasteiger charge is -2.40. The summed E-state index contributed by atoms with van der Waals surface area (Å²) >= 11 is 1.33. The molecule has 36 heavy (non-hydrogen) atoms. The lowest BCUT2D eigenvalue weighted by Crippen LogP contribution is -2.52. The van der Waals surface area contributed by atoms with Crippen LogP contribution in [0.4, 0.5) is 0 Å². The zero-order valence-electron chi connectivity index (χ0n) is 20.9. The monoisotopic (exact) mass is 512 g/mol. The highest BCUT2D eigenvalue weighted by atomic mass is 32.2. The van der Waals surface area contributed by atoms with Crippen LogP contribution in [0.3, 0.4) is 0 Å². The highest BCUT2D eigenvalue weighted by molar-refractivity contribution is 7.99. The maximum atomic E-state index is 10.6. The zero-order valence-corrected chi connectivity index (χ0v) is 21.7. The first-order valence-corrected chi connectivity index (χ1v) is 14.3. The van der Waals surface area contributed by atoms with Crippen LogP contribution in [0.15, 0.2) is 42.5 Å². The van der Waals surface area contributed by atoms with Crippen molar-refractivity contribution in [1.82, 2.24) is 0 Å². The lowest BCUT2D eigenvalue weighted by atomic mass is 9.79. The van der Waals surface area contributed by atoms with Gasteiger partial charge in [-0.2, -0.15) is 0 Å². The molecule has 2 aliphatic heterocycles. The number of hydrogen-bond acceptors (Lipinski definition) is 7. The summed E-state index contributed by atoms with van der Waals surface area (Å²) in [7, 11) is 0. The Bertz CT molecular complexity index is 1100. The van der Waals surface area contributed by atoms with Gasteiger partial charge in [0, 0.05) is 12.8 Å². The molecule has 2 aromatic rings. The van der Waals surface area contributed by atoms with Crippen molar-refractivity contribution in [2.45, 2.75) is 80.1 Å². The van der Waals surface area contributed by atoms with Crippen LogP contribution in [0.2, 0.25) is 0 Å². The predicted molar refractivity (Wildman–Crippen MR) is 138 cm³/mol. The summed E-state index contributed by atoms with van der Waals surface area (Å²) in [6.45, 7) is 3.54. The molecule has 0 aromatic heterocycles. The molecular formula is C29H36O6S. The van der Waals surface area contributed by atoms with E-state index in [0.717, 1.165) is 50.0 Å². The van der Waals surface area contributed by atoms with E-state index in [0.29, 0.717) is 11.3 Å². The normalized spacial score (nSPS) is 37.1. The Labute approximate surface area is 217 Å². The molecule has 1 spiro atoms. The summed E-state index contributed by atoms with van der Waals surface area (Å²) in [6.07, 6.45) is 2.72. The van der Waals surface area contributed by atoms with Crippen LogP contribution < -0.4 is 0 Å². The molecule has 2 heterocycles. The maximum Gasteiger partial charge on any atom is 0.168 e. The average molecular weight is 513 g/mol. The summed E-state index contributed by atoms with van der Waals surface area (Å²) in [5, 5.41) is 31.2. The molecule has 0 amide bonds. The minimum absolute atomic E-state index is 0.294. The number of rotatable bonds is 5. The van der Waals surface area contributed by atoms with Crippen LogP contribution >= 0.6 is 11.8 Å². The molecular weight excluding hydrogens is 476 g/mol. The third-order valence-corrected chi connectivity index (χ3v) is 9.84. The number of hydrogen-bond donors (Lipinski definition) is 3. The van der Waals surface area contributed by atoms with Crippen molar-refractivity contribution in [1.29, 1.82) is 0 Å². The summed E-state index contributed by atoms with van der Waals surface area (Å²) in [5.41, 5.74) is 5.53. The minimum Gasteiger partial charge on any atom is -0.387 e. The van der Waals surface area contributed by atoms with E-state index in [2.05, 4.69) is 37.3 Å².